The molecule has 0 fully saturated rings. The predicted octanol–water partition coefficient (Wildman–Crippen LogP) is -0.458. The van der Waals surface area contributed by atoms with Crippen LogP contribution in [0.2, 0.25) is 0 Å². The van der Waals surface area contributed by atoms with Crippen LogP contribution in [-0.4, -0.2) is 39.8 Å². The molecule has 0 aromatic heterocycles. The number of benzene rings is 1. The molecule has 1 radical (unpaired) electrons. The van der Waals surface area contributed by atoms with Gasteiger partial charge < -0.3 is 14.9 Å². The number of hydrogen-bond acceptors (Lipinski definition) is 5. The lowest BCUT2D eigenvalue weighted by atomic mass is 10.1. The first-order valence-corrected chi connectivity index (χ1v) is 4.60. The van der Waals surface area contributed by atoms with Gasteiger partial charge in [-0.3, -0.25) is 9.59 Å². The van der Waals surface area contributed by atoms with Gasteiger partial charge in [-0.05, 0) is 18.2 Å². The van der Waals surface area contributed by atoms with Crippen molar-refractivity contribution in [3.63, 3.8) is 0 Å². The van der Waals surface area contributed by atoms with Gasteiger partial charge in [-0.25, -0.2) is 9.59 Å². The second-order valence-corrected chi connectivity index (χ2v) is 3.07. The minimum absolute atomic E-state index is 0.0112. The molecule has 0 spiro atoms. The Hall–Kier alpha value is -2.70. The van der Waals surface area contributed by atoms with E-state index in [-0.39, 0.29) is 5.75 Å². The van der Waals surface area contributed by atoms with E-state index in [0.717, 1.165) is 0 Å². The molecule has 0 bridgehead atoms. The number of carboxylic acids is 2. The average molecular weight is 251 g/mol. The van der Waals surface area contributed by atoms with Crippen LogP contribution in [0.3, 0.4) is 0 Å². The van der Waals surface area contributed by atoms with Crippen LogP contribution < -0.4 is 4.74 Å². The highest BCUT2D eigenvalue weighted by atomic mass is 16.5. The third-order valence-corrected chi connectivity index (χ3v) is 1.84. The summed E-state index contributed by atoms with van der Waals surface area (Å²) in [6.07, 6.45) is -2.21. The summed E-state index contributed by atoms with van der Waals surface area (Å²) in [5.41, 5.74) is 0. The molecule has 2 N–H and O–H groups in total. The minimum Gasteiger partial charge on any atom is -0.475 e. The molecule has 0 unspecified atom stereocenters. The van der Waals surface area contributed by atoms with Crippen LogP contribution >= 0.6 is 0 Å². The zero-order valence-electron chi connectivity index (χ0n) is 8.82. The molecule has 0 amide bonds. The number of carbonyl (C=O) groups excluding carboxylic acids is 2. The first kappa shape index (κ1) is 13.4. The molecule has 1 rings (SSSR count). The summed E-state index contributed by atoms with van der Waals surface area (Å²) in [5, 5.41) is 17.0. The van der Waals surface area contributed by atoms with Crippen LogP contribution in [0.5, 0.6) is 5.75 Å². The number of ether oxygens (including phenoxy) is 1. The monoisotopic (exact) mass is 251 g/mol. The van der Waals surface area contributed by atoms with Gasteiger partial charge in [-0.2, -0.15) is 0 Å². The molecule has 0 heterocycles. The van der Waals surface area contributed by atoms with Crippen molar-refractivity contribution in [1.82, 2.24) is 0 Å². The maximum Gasteiger partial charge on any atom is 0.376 e. The van der Waals surface area contributed by atoms with Gasteiger partial charge in [-0.15, -0.1) is 0 Å². The van der Waals surface area contributed by atoms with E-state index in [1.807, 2.05) is 0 Å². The highest BCUT2D eigenvalue weighted by molar-refractivity contribution is 6.48. The van der Waals surface area contributed by atoms with Crippen LogP contribution in [0, 0.1) is 6.07 Å². The van der Waals surface area contributed by atoms with Crippen LogP contribution in [-0.2, 0) is 19.2 Å². The number of Topliss-reactive ketones (excluding diaryl/α,β-unsaturated/α-hetero) is 2. The van der Waals surface area contributed by atoms with E-state index in [2.05, 4.69) is 6.07 Å². The summed E-state index contributed by atoms with van der Waals surface area (Å²) in [6, 6.07) is 8.02. The van der Waals surface area contributed by atoms with Gasteiger partial charge in [-0.1, -0.05) is 12.1 Å². The van der Waals surface area contributed by atoms with Crippen molar-refractivity contribution in [3.05, 3.63) is 30.3 Å². The van der Waals surface area contributed by atoms with Gasteiger partial charge in [0.2, 0.25) is 6.10 Å². The SMILES string of the molecule is O=C(O)C(=O)C(Oc1cc[c]cc1)C(=O)C(=O)O. The highest BCUT2D eigenvalue weighted by Crippen LogP contribution is 2.12. The fourth-order valence-electron chi connectivity index (χ4n) is 1.04. The minimum atomic E-state index is -2.21. The van der Waals surface area contributed by atoms with Gasteiger partial charge in [0, 0.05) is 0 Å². The Kier molecular flexibility index (Phi) is 4.14. The van der Waals surface area contributed by atoms with Crippen molar-refractivity contribution in [2.45, 2.75) is 6.10 Å². The Balaban J connectivity index is 2.99. The Labute approximate surface area is 101 Å². The molecule has 1 aromatic carbocycles. The number of hydrogen-bond donors (Lipinski definition) is 2. The van der Waals surface area contributed by atoms with Crippen molar-refractivity contribution in [2.24, 2.45) is 0 Å². The van der Waals surface area contributed by atoms with Gasteiger partial charge in [0.1, 0.15) is 5.75 Å². The molecule has 7 nitrogen and oxygen atoms in total. The normalized spacial score (nSPS) is 9.83. The maximum absolute atomic E-state index is 11.2. The summed E-state index contributed by atoms with van der Waals surface area (Å²) in [6.45, 7) is 0. The average Bonchev–Trinajstić information content (AvgIpc) is 2.35. The molecule has 93 valence electrons. The largest absolute Gasteiger partial charge is 0.475 e. The smallest absolute Gasteiger partial charge is 0.376 e. The summed E-state index contributed by atoms with van der Waals surface area (Å²) in [7, 11) is 0. The van der Waals surface area contributed by atoms with E-state index in [1.54, 1.807) is 0 Å². The molecule has 0 atom stereocenters. The Bertz CT molecular complexity index is 465. The van der Waals surface area contributed by atoms with Crippen molar-refractivity contribution in [2.75, 3.05) is 0 Å². The van der Waals surface area contributed by atoms with Crippen LogP contribution in [0.15, 0.2) is 24.3 Å². The molecule has 1 aromatic rings. The third kappa shape index (κ3) is 3.14. The van der Waals surface area contributed by atoms with Gasteiger partial charge in [0.05, 0.1) is 0 Å². The van der Waals surface area contributed by atoms with Gasteiger partial charge in [0.25, 0.3) is 11.6 Å². The van der Waals surface area contributed by atoms with Crippen molar-refractivity contribution in [3.8, 4) is 5.75 Å². The van der Waals surface area contributed by atoms with Crippen LogP contribution in [0.4, 0.5) is 0 Å². The van der Waals surface area contributed by atoms with E-state index in [1.165, 1.54) is 24.3 Å². The quantitative estimate of drug-likeness (QED) is 0.518. The molecule has 0 aliphatic heterocycles. The number of ketones is 2. The molecular weight excluding hydrogens is 244 g/mol. The summed E-state index contributed by atoms with van der Waals surface area (Å²) < 4.78 is 4.78. The first-order valence-electron chi connectivity index (χ1n) is 4.60. The zero-order chi connectivity index (χ0) is 13.7. The standard InChI is InChI=1S/C11H7O7/c12-7(10(14)15)9(8(13)11(16)17)18-6-4-2-1-3-5-6/h2-5,9H,(H,14,15)(H,16,17). The van der Waals surface area contributed by atoms with Crippen molar-refractivity contribution in [1.29, 1.82) is 0 Å². The number of aliphatic carboxylic acids is 2. The van der Waals surface area contributed by atoms with Crippen molar-refractivity contribution >= 4 is 23.5 Å². The lowest BCUT2D eigenvalue weighted by Crippen LogP contribution is -2.43. The van der Waals surface area contributed by atoms with Crippen LogP contribution in [0.1, 0.15) is 0 Å². The number of carbonyl (C=O) groups is 4. The fourth-order valence-corrected chi connectivity index (χ4v) is 1.04. The zero-order valence-corrected chi connectivity index (χ0v) is 8.82. The predicted molar refractivity (Wildman–Crippen MR) is 55.0 cm³/mol. The lowest BCUT2D eigenvalue weighted by molar-refractivity contribution is -0.159. The first-order chi connectivity index (χ1) is 8.43. The molecule has 0 saturated heterocycles. The Morgan fingerprint density at radius 1 is 1.00 bits per heavy atom. The van der Waals surface area contributed by atoms with E-state index in [4.69, 9.17) is 14.9 Å². The number of carboxylic acid groups (broad SMARTS) is 2. The molecule has 0 saturated carbocycles. The fraction of sp³-hybridized carbons (Fsp3) is 0.0909. The van der Waals surface area contributed by atoms with Crippen LogP contribution in [0.25, 0.3) is 0 Å². The molecule has 7 heteroatoms. The summed E-state index contributed by atoms with van der Waals surface area (Å²) in [4.78, 5) is 43.3. The maximum atomic E-state index is 11.2. The lowest BCUT2D eigenvalue weighted by Gasteiger charge is -2.12. The second-order valence-electron chi connectivity index (χ2n) is 3.07. The second kappa shape index (κ2) is 5.58. The Morgan fingerprint density at radius 2 is 1.44 bits per heavy atom. The third-order valence-electron chi connectivity index (χ3n) is 1.84. The van der Waals surface area contributed by atoms with E-state index in [9.17, 15) is 19.2 Å². The van der Waals surface area contributed by atoms with E-state index in [0.29, 0.717) is 0 Å². The number of rotatable bonds is 6. The summed E-state index contributed by atoms with van der Waals surface area (Å²) >= 11 is 0. The highest BCUT2D eigenvalue weighted by Gasteiger charge is 2.37. The van der Waals surface area contributed by atoms with Crippen molar-refractivity contribution < 1.29 is 34.1 Å². The van der Waals surface area contributed by atoms with E-state index >= 15 is 0 Å². The molecule has 0 aliphatic carbocycles. The Morgan fingerprint density at radius 3 is 1.83 bits per heavy atom. The molecule has 0 aliphatic rings. The summed E-state index contributed by atoms with van der Waals surface area (Å²) in [5.74, 6) is -7.19. The van der Waals surface area contributed by atoms with Gasteiger partial charge >= 0.3 is 11.9 Å². The molecule has 18 heavy (non-hydrogen) atoms. The topological polar surface area (TPSA) is 118 Å². The molecular formula is C11H7O7. The van der Waals surface area contributed by atoms with Gasteiger partial charge in [0.15, 0.2) is 0 Å². The van der Waals surface area contributed by atoms with E-state index < -0.39 is 29.6 Å².